The van der Waals surface area contributed by atoms with Gasteiger partial charge in [0.15, 0.2) is 0 Å². The molecule has 0 aromatic rings. The number of amides is 2. The average molecular weight is 410 g/mol. The van der Waals surface area contributed by atoms with Crippen molar-refractivity contribution < 1.29 is 19.5 Å². The molecule has 3 atom stereocenters. The van der Waals surface area contributed by atoms with E-state index in [1.807, 2.05) is 13.8 Å². The smallest absolute Gasteiger partial charge is 0.331 e. The monoisotopic (exact) mass is 409 g/mol. The van der Waals surface area contributed by atoms with Crippen LogP contribution in [0.2, 0.25) is 0 Å². The predicted molar refractivity (Wildman–Crippen MR) is 115 cm³/mol. The number of carboxylic acid groups (broad SMARTS) is 1. The Balaban J connectivity index is 2.85. The van der Waals surface area contributed by atoms with E-state index in [0.717, 1.165) is 38.6 Å². The van der Waals surface area contributed by atoms with Crippen molar-refractivity contribution in [1.82, 2.24) is 15.1 Å². The molecule has 1 aliphatic heterocycles. The fraction of sp³-hybridized carbons (Fsp3) is 0.773. The summed E-state index contributed by atoms with van der Waals surface area (Å²) in [6.45, 7) is 10.8. The van der Waals surface area contributed by atoms with Crippen LogP contribution in [0.15, 0.2) is 11.6 Å². The molecule has 2 amide bonds. The third-order valence-electron chi connectivity index (χ3n) is 5.73. The first-order valence-corrected chi connectivity index (χ1v) is 10.8. The summed E-state index contributed by atoms with van der Waals surface area (Å²) < 4.78 is 0. The topological polar surface area (TPSA) is 90.0 Å². The highest BCUT2D eigenvalue weighted by Gasteiger charge is 2.35. The Labute approximate surface area is 175 Å². The number of carbonyl (C=O) groups excluding carboxylic acids is 2. The third-order valence-corrected chi connectivity index (χ3v) is 5.73. The summed E-state index contributed by atoms with van der Waals surface area (Å²) in [6, 6.07) is -0.480. The van der Waals surface area contributed by atoms with Crippen molar-refractivity contribution in [1.29, 1.82) is 0 Å². The first-order chi connectivity index (χ1) is 13.6. The molecule has 0 spiro atoms. The van der Waals surface area contributed by atoms with Gasteiger partial charge in [0.1, 0.15) is 6.04 Å². The lowest BCUT2D eigenvalue weighted by Gasteiger charge is -2.40. The van der Waals surface area contributed by atoms with Gasteiger partial charge in [-0.1, -0.05) is 39.7 Å². The van der Waals surface area contributed by atoms with Gasteiger partial charge in [-0.2, -0.15) is 0 Å². The van der Waals surface area contributed by atoms with Crippen LogP contribution in [0.25, 0.3) is 0 Å². The summed E-state index contributed by atoms with van der Waals surface area (Å²) in [5, 5.41) is 12.0. The number of nitrogens with one attached hydrogen (secondary N) is 1. The van der Waals surface area contributed by atoms with Gasteiger partial charge in [0.25, 0.3) is 0 Å². The number of rotatable bonds is 10. The number of likely N-dealkylation sites (tertiary alicyclic amines) is 1. The minimum atomic E-state index is -1.00. The van der Waals surface area contributed by atoms with Crippen molar-refractivity contribution in [2.45, 2.75) is 84.8 Å². The van der Waals surface area contributed by atoms with E-state index < -0.39 is 12.0 Å². The molecule has 0 bridgehead atoms. The van der Waals surface area contributed by atoms with Gasteiger partial charge in [0.2, 0.25) is 11.8 Å². The van der Waals surface area contributed by atoms with Crippen LogP contribution in [-0.2, 0) is 14.4 Å². The summed E-state index contributed by atoms with van der Waals surface area (Å²) in [4.78, 5) is 40.7. The Kier molecular flexibility index (Phi) is 10.4. The molecule has 2 N–H and O–H groups in total. The minimum Gasteiger partial charge on any atom is -0.478 e. The van der Waals surface area contributed by atoms with Crippen LogP contribution >= 0.6 is 0 Å². The second kappa shape index (κ2) is 12.0. The van der Waals surface area contributed by atoms with E-state index in [9.17, 15) is 14.4 Å². The van der Waals surface area contributed by atoms with Crippen LogP contribution in [0.3, 0.4) is 0 Å². The van der Waals surface area contributed by atoms with Gasteiger partial charge in [-0.3, -0.25) is 14.5 Å². The van der Waals surface area contributed by atoms with Crippen molar-refractivity contribution in [3.8, 4) is 0 Å². The molecule has 0 aromatic heterocycles. The zero-order valence-corrected chi connectivity index (χ0v) is 18.9. The molecule has 0 aromatic carbocycles. The maximum absolute atomic E-state index is 13.1. The molecule has 1 rings (SSSR count). The number of aliphatic carboxylic acids is 1. The molecular formula is C22H39N3O4. The molecule has 1 heterocycles. The van der Waals surface area contributed by atoms with Gasteiger partial charge in [-0.25, -0.2) is 4.79 Å². The lowest BCUT2D eigenvalue weighted by atomic mass is 9.96. The lowest BCUT2D eigenvalue weighted by Crippen LogP contribution is -2.58. The van der Waals surface area contributed by atoms with Gasteiger partial charge >= 0.3 is 5.97 Å². The highest BCUT2D eigenvalue weighted by Crippen LogP contribution is 2.22. The average Bonchev–Trinajstić information content (AvgIpc) is 2.68. The van der Waals surface area contributed by atoms with Gasteiger partial charge in [0, 0.05) is 25.2 Å². The molecule has 1 fully saturated rings. The maximum atomic E-state index is 13.1. The van der Waals surface area contributed by atoms with E-state index in [2.05, 4.69) is 24.1 Å². The van der Waals surface area contributed by atoms with E-state index in [0.29, 0.717) is 6.04 Å². The van der Waals surface area contributed by atoms with Crippen LogP contribution in [0, 0.1) is 5.92 Å². The molecule has 1 saturated heterocycles. The van der Waals surface area contributed by atoms with Gasteiger partial charge in [-0.15, -0.1) is 0 Å². The fourth-order valence-corrected chi connectivity index (χ4v) is 3.80. The number of piperidine rings is 1. The molecule has 166 valence electrons. The van der Waals surface area contributed by atoms with Gasteiger partial charge < -0.3 is 15.3 Å². The Bertz CT molecular complexity index is 603. The van der Waals surface area contributed by atoms with Crippen molar-refractivity contribution in [3.63, 3.8) is 0 Å². The van der Waals surface area contributed by atoms with Gasteiger partial charge in [0.05, 0.1) is 6.04 Å². The van der Waals surface area contributed by atoms with Crippen LogP contribution in [0.5, 0.6) is 0 Å². The Morgan fingerprint density at radius 2 is 1.90 bits per heavy atom. The first kappa shape index (κ1) is 25.1. The summed E-state index contributed by atoms with van der Waals surface area (Å²) in [6.07, 6.45) is 6.57. The van der Waals surface area contributed by atoms with Crippen LogP contribution < -0.4 is 5.32 Å². The van der Waals surface area contributed by atoms with Crippen LogP contribution in [0.4, 0.5) is 0 Å². The van der Waals surface area contributed by atoms with Crippen LogP contribution in [-0.4, -0.2) is 71.0 Å². The van der Waals surface area contributed by atoms with E-state index in [-0.39, 0.29) is 35.9 Å². The number of carbonyl (C=O) groups is 3. The molecule has 1 aliphatic rings. The summed E-state index contributed by atoms with van der Waals surface area (Å²) in [7, 11) is 1.63. The van der Waals surface area contributed by atoms with Crippen LogP contribution in [0.1, 0.15) is 66.7 Å². The molecule has 7 nitrogen and oxygen atoms in total. The quantitative estimate of drug-likeness (QED) is 0.542. The molecule has 3 unspecified atom stereocenters. The van der Waals surface area contributed by atoms with E-state index in [4.69, 9.17) is 5.11 Å². The lowest BCUT2D eigenvalue weighted by molar-refractivity contribution is -0.138. The number of hydrogen-bond donors (Lipinski definition) is 2. The Morgan fingerprint density at radius 3 is 2.45 bits per heavy atom. The second-order valence-corrected chi connectivity index (χ2v) is 8.53. The van der Waals surface area contributed by atoms with Crippen molar-refractivity contribution in [2.75, 3.05) is 20.1 Å². The molecular weight excluding hydrogens is 370 g/mol. The predicted octanol–water partition coefficient (Wildman–Crippen LogP) is 2.66. The minimum absolute atomic E-state index is 0.0662. The number of likely N-dealkylation sites (N-methyl/N-ethyl adjacent to an activating group) is 1. The Hall–Kier alpha value is -1.89. The third kappa shape index (κ3) is 7.46. The highest BCUT2D eigenvalue weighted by atomic mass is 16.4. The van der Waals surface area contributed by atoms with Crippen molar-refractivity contribution in [3.05, 3.63) is 11.6 Å². The second-order valence-electron chi connectivity index (χ2n) is 8.53. The standard InChI is InChI=1S/C22H39N3O4/c1-7-10-17(5)25-13-9-8-11-18(25)20(26)23-19(15(2)3)21(27)24(6)14-12-16(4)22(28)29/h12,15,17-19H,7-11,13-14H2,1-6H3,(H,23,26)(H,28,29)/b16-12+. The number of nitrogens with zero attached hydrogens (tertiary/aromatic N) is 2. The summed E-state index contributed by atoms with van der Waals surface area (Å²) in [5.74, 6) is -1.35. The maximum Gasteiger partial charge on any atom is 0.331 e. The van der Waals surface area contributed by atoms with Crippen molar-refractivity contribution >= 4 is 17.8 Å². The summed E-state index contributed by atoms with van der Waals surface area (Å²) in [5.41, 5.74) is 0.192. The molecule has 0 saturated carbocycles. The zero-order chi connectivity index (χ0) is 22.1. The molecule has 7 heteroatoms. The van der Waals surface area contributed by atoms with E-state index >= 15 is 0 Å². The zero-order valence-electron chi connectivity index (χ0n) is 18.9. The normalized spacial score (nSPS) is 20.2. The largest absolute Gasteiger partial charge is 0.478 e. The van der Waals surface area contributed by atoms with E-state index in [1.165, 1.54) is 17.9 Å². The molecule has 0 aliphatic carbocycles. The summed E-state index contributed by atoms with van der Waals surface area (Å²) >= 11 is 0. The molecule has 29 heavy (non-hydrogen) atoms. The molecule has 0 radical (unpaired) electrons. The fourth-order valence-electron chi connectivity index (χ4n) is 3.80. The van der Waals surface area contributed by atoms with E-state index in [1.54, 1.807) is 7.05 Å². The van der Waals surface area contributed by atoms with Gasteiger partial charge in [-0.05, 0) is 45.6 Å². The Morgan fingerprint density at radius 1 is 1.24 bits per heavy atom. The number of carboxylic acids is 1. The SMILES string of the molecule is CCCC(C)N1CCCCC1C(=O)NC(C(=O)N(C)C/C=C(\C)C(=O)O)C(C)C. The number of hydrogen-bond acceptors (Lipinski definition) is 4. The first-order valence-electron chi connectivity index (χ1n) is 10.8. The van der Waals surface area contributed by atoms with Crippen molar-refractivity contribution in [2.24, 2.45) is 5.92 Å². The highest BCUT2D eigenvalue weighted by molar-refractivity contribution is 5.90.